The molecule has 0 aliphatic heterocycles. The first-order chi connectivity index (χ1) is 3.93. The van der Waals surface area contributed by atoms with Gasteiger partial charge in [-0.1, -0.05) is 37.8 Å². The highest BCUT2D eigenvalue weighted by Gasteiger charge is 1.79. The van der Waals surface area contributed by atoms with E-state index in [0.29, 0.717) is 0 Å². The highest BCUT2D eigenvalue weighted by Crippen LogP contribution is 1.91. The molecule has 0 aliphatic carbocycles. The Morgan fingerprint density at radius 2 is 1.67 bits per heavy atom. The molecule has 0 aromatic heterocycles. The van der Waals surface area contributed by atoms with Crippen LogP contribution in [0, 0.1) is 0 Å². The number of hydrogen-bond acceptors (Lipinski definition) is 1. The molecule has 0 bridgehead atoms. The van der Waals surface area contributed by atoms with Crippen molar-refractivity contribution in [3.63, 3.8) is 0 Å². The zero-order valence-corrected chi connectivity index (χ0v) is 4.37. The van der Waals surface area contributed by atoms with Gasteiger partial charge in [0.15, 0.2) is 0 Å². The fraction of sp³-hybridized carbons (Fsp3) is 0.125. The SMILES string of the molecule is C.O=Cc1ccccc1. The van der Waals surface area contributed by atoms with Crippen molar-refractivity contribution < 1.29 is 4.79 Å². The van der Waals surface area contributed by atoms with E-state index in [1.54, 1.807) is 12.1 Å². The summed E-state index contributed by atoms with van der Waals surface area (Å²) in [6, 6.07) is 9.10. The first kappa shape index (κ1) is 7.89. The van der Waals surface area contributed by atoms with Crippen molar-refractivity contribution in [2.24, 2.45) is 0 Å². The second kappa shape index (κ2) is 3.84. The number of benzene rings is 1. The van der Waals surface area contributed by atoms with Crippen molar-refractivity contribution in [2.75, 3.05) is 0 Å². The van der Waals surface area contributed by atoms with Crippen molar-refractivity contribution in [1.82, 2.24) is 0 Å². The summed E-state index contributed by atoms with van der Waals surface area (Å²) in [5, 5.41) is 0. The van der Waals surface area contributed by atoms with Crippen LogP contribution in [-0.4, -0.2) is 6.29 Å². The minimum absolute atomic E-state index is 0. The van der Waals surface area contributed by atoms with Gasteiger partial charge in [-0.3, -0.25) is 4.79 Å². The number of carbonyl (C=O) groups excluding carboxylic acids is 1. The average molecular weight is 122 g/mol. The molecular formula is C8H10O. The molecule has 9 heavy (non-hydrogen) atoms. The summed E-state index contributed by atoms with van der Waals surface area (Å²) >= 11 is 0. The Balaban J connectivity index is 0.000000640. The average Bonchev–Trinajstić information content (AvgIpc) is 1.90. The Morgan fingerprint density at radius 1 is 1.11 bits per heavy atom. The quantitative estimate of drug-likeness (QED) is 0.521. The molecule has 0 fully saturated rings. The van der Waals surface area contributed by atoms with Crippen molar-refractivity contribution >= 4 is 6.29 Å². The molecule has 1 aromatic carbocycles. The van der Waals surface area contributed by atoms with Crippen molar-refractivity contribution in [1.29, 1.82) is 0 Å². The lowest BCUT2D eigenvalue weighted by Crippen LogP contribution is -1.73. The van der Waals surface area contributed by atoms with Crippen LogP contribution in [0.2, 0.25) is 0 Å². The molecule has 1 nitrogen and oxygen atoms in total. The van der Waals surface area contributed by atoms with E-state index in [-0.39, 0.29) is 7.43 Å². The van der Waals surface area contributed by atoms with Crippen LogP contribution in [0.25, 0.3) is 0 Å². The van der Waals surface area contributed by atoms with Crippen molar-refractivity contribution in [2.45, 2.75) is 7.43 Å². The monoisotopic (exact) mass is 122 g/mol. The summed E-state index contributed by atoms with van der Waals surface area (Å²) in [7, 11) is 0. The van der Waals surface area contributed by atoms with E-state index in [4.69, 9.17) is 0 Å². The molecule has 0 saturated heterocycles. The van der Waals surface area contributed by atoms with Crippen LogP contribution in [0.3, 0.4) is 0 Å². The molecule has 48 valence electrons. The van der Waals surface area contributed by atoms with Gasteiger partial charge in [0.25, 0.3) is 0 Å². The Labute approximate surface area is 55.3 Å². The Bertz CT molecular complexity index is 167. The standard InChI is InChI=1S/C7H6O.CH4/c8-6-7-4-2-1-3-5-7;/h1-6H;1H4. The maximum atomic E-state index is 10.0. The first-order valence-electron chi connectivity index (χ1n) is 2.44. The molecule has 0 N–H and O–H groups in total. The fourth-order valence-corrected chi connectivity index (χ4v) is 0.532. The second-order valence-corrected chi connectivity index (χ2v) is 1.53. The van der Waals surface area contributed by atoms with Gasteiger partial charge in [0.2, 0.25) is 0 Å². The Kier molecular flexibility index (Phi) is 3.37. The van der Waals surface area contributed by atoms with E-state index in [9.17, 15) is 4.79 Å². The van der Waals surface area contributed by atoms with Gasteiger partial charge in [-0.05, 0) is 0 Å². The number of hydrogen-bond donors (Lipinski definition) is 0. The minimum Gasteiger partial charge on any atom is -0.298 e. The van der Waals surface area contributed by atoms with Gasteiger partial charge < -0.3 is 0 Å². The van der Waals surface area contributed by atoms with Gasteiger partial charge in [-0.25, -0.2) is 0 Å². The zero-order valence-electron chi connectivity index (χ0n) is 4.37. The number of aldehydes is 1. The normalized spacial score (nSPS) is 7.56. The lowest BCUT2D eigenvalue weighted by Gasteiger charge is -1.81. The number of rotatable bonds is 1. The third kappa shape index (κ3) is 2.08. The summed E-state index contributed by atoms with van der Waals surface area (Å²) in [6.45, 7) is 0. The van der Waals surface area contributed by atoms with E-state index in [0.717, 1.165) is 11.8 Å². The smallest absolute Gasteiger partial charge is 0.150 e. The lowest BCUT2D eigenvalue weighted by atomic mass is 10.2. The van der Waals surface area contributed by atoms with E-state index in [2.05, 4.69) is 0 Å². The third-order valence-electron chi connectivity index (χ3n) is 0.936. The molecule has 0 spiro atoms. The summed E-state index contributed by atoms with van der Waals surface area (Å²) in [5.41, 5.74) is 0.729. The third-order valence-corrected chi connectivity index (χ3v) is 0.936. The minimum atomic E-state index is 0. The molecule has 0 unspecified atom stereocenters. The molecular weight excluding hydrogens is 112 g/mol. The predicted molar refractivity (Wildman–Crippen MR) is 38.6 cm³/mol. The summed E-state index contributed by atoms with van der Waals surface area (Å²) < 4.78 is 0. The zero-order chi connectivity index (χ0) is 5.82. The van der Waals surface area contributed by atoms with E-state index in [1.165, 1.54) is 0 Å². The van der Waals surface area contributed by atoms with Gasteiger partial charge in [-0.2, -0.15) is 0 Å². The largest absolute Gasteiger partial charge is 0.298 e. The maximum absolute atomic E-state index is 10.0. The Hall–Kier alpha value is -1.11. The van der Waals surface area contributed by atoms with Gasteiger partial charge in [0, 0.05) is 5.56 Å². The van der Waals surface area contributed by atoms with Crippen LogP contribution in [0.1, 0.15) is 17.8 Å². The molecule has 1 rings (SSSR count). The van der Waals surface area contributed by atoms with Crippen LogP contribution in [0.15, 0.2) is 30.3 Å². The molecule has 1 aromatic rings. The maximum Gasteiger partial charge on any atom is 0.150 e. The van der Waals surface area contributed by atoms with Crippen LogP contribution in [-0.2, 0) is 0 Å². The summed E-state index contributed by atoms with van der Waals surface area (Å²) in [4.78, 5) is 10.0. The second-order valence-electron chi connectivity index (χ2n) is 1.53. The van der Waals surface area contributed by atoms with Crippen LogP contribution < -0.4 is 0 Å². The lowest BCUT2D eigenvalue weighted by molar-refractivity contribution is 0.112. The molecule has 0 radical (unpaired) electrons. The molecule has 1 heteroatoms. The summed E-state index contributed by atoms with van der Waals surface area (Å²) in [6.07, 6.45) is 0.833. The van der Waals surface area contributed by atoms with Crippen LogP contribution in [0.4, 0.5) is 0 Å². The van der Waals surface area contributed by atoms with Gasteiger partial charge in [0.05, 0.1) is 0 Å². The van der Waals surface area contributed by atoms with Gasteiger partial charge in [0.1, 0.15) is 6.29 Å². The Morgan fingerprint density at radius 3 is 2.00 bits per heavy atom. The summed E-state index contributed by atoms with van der Waals surface area (Å²) in [5.74, 6) is 0. The highest BCUT2D eigenvalue weighted by molar-refractivity contribution is 5.74. The van der Waals surface area contributed by atoms with Crippen LogP contribution >= 0.6 is 0 Å². The van der Waals surface area contributed by atoms with Crippen molar-refractivity contribution in [3.8, 4) is 0 Å². The van der Waals surface area contributed by atoms with E-state index in [1.807, 2.05) is 18.2 Å². The first-order valence-corrected chi connectivity index (χ1v) is 2.44. The fourth-order valence-electron chi connectivity index (χ4n) is 0.532. The molecule has 0 heterocycles. The number of carbonyl (C=O) groups is 1. The molecule has 0 saturated carbocycles. The molecule has 0 atom stereocenters. The molecule has 0 aliphatic rings. The topological polar surface area (TPSA) is 17.1 Å². The van der Waals surface area contributed by atoms with E-state index < -0.39 is 0 Å². The van der Waals surface area contributed by atoms with Gasteiger partial charge >= 0.3 is 0 Å². The molecule has 0 amide bonds. The van der Waals surface area contributed by atoms with Crippen LogP contribution in [0.5, 0.6) is 0 Å². The van der Waals surface area contributed by atoms with Crippen molar-refractivity contribution in [3.05, 3.63) is 35.9 Å². The predicted octanol–water partition coefficient (Wildman–Crippen LogP) is 2.14. The van der Waals surface area contributed by atoms with Gasteiger partial charge in [-0.15, -0.1) is 0 Å². The highest BCUT2D eigenvalue weighted by atomic mass is 16.1. The van der Waals surface area contributed by atoms with E-state index >= 15 is 0 Å².